The predicted molar refractivity (Wildman–Crippen MR) is 87.4 cm³/mol. The molecule has 0 saturated carbocycles. The van der Waals surface area contributed by atoms with E-state index < -0.39 is 10.2 Å². The van der Waals surface area contributed by atoms with Gasteiger partial charge >= 0.3 is 0 Å². The van der Waals surface area contributed by atoms with Crippen LogP contribution in [0.5, 0.6) is 0 Å². The van der Waals surface area contributed by atoms with E-state index in [1.165, 1.54) is 4.31 Å². The summed E-state index contributed by atoms with van der Waals surface area (Å²) in [6.07, 6.45) is 5.07. The first-order chi connectivity index (χ1) is 9.52. The minimum atomic E-state index is -3.25. The van der Waals surface area contributed by atoms with Crippen molar-refractivity contribution in [2.75, 3.05) is 51.8 Å². The summed E-state index contributed by atoms with van der Waals surface area (Å²) >= 11 is 1.67. The van der Waals surface area contributed by atoms with E-state index in [1.54, 1.807) is 23.1 Å². The molecule has 0 bridgehead atoms. The maximum absolute atomic E-state index is 12.4. The van der Waals surface area contributed by atoms with Gasteiger partial charge in [-0.2, -0.15) is 28.8 Å². The van der Waals surface area contributed by atoms with Gasteiger partial charge in [0, 0.05) is 32.4 Å². The molecule has 5 nitrogen and oxygen atoms in total. The lowest BCUT2D eigenvalue weighted by molar-refractivity contribution is 0.255. The van der Waals surface area contributed by atoms with Gasteiger partial charge in [0.1, 0.15) is 0 Å². The van der Waals surface area contributed by atoms with Crippen LogP contribution >= 0.6 is 11.8 Å². The molecule has 1 rings (SSSR count). The Hall–Kier alpha value is 0.180. The van der Waals surface area contributed by atoms with Crippen molar-refractivity contribution in [1.82, 2.24) is 13.9 Å². The van der Waals surface area contributed by atoms with Gasteiger partial charge in [0.25, 0.3) is 10.2 Å². The summed E-state index contributed by atoms with van der Waals surface area (Å²) in [5, 5.41) is 3.43. The minimum Gasteiger partial charge on any atom is -0.316 e. The number of thioether (sulfide) groups is 1. The minimum absolute atomic E-state index is 0.585. The topological polar surface area (TPSA) is 52.7 Å². The first-order valence-corrected chi connectivity index (χ1v) is 10.2. The largest absolute Gasteiger partial charge is 0.316 e. The van der Waals surface area contributed by atoms with Crippen LogP contribution in [0, 0.1) is 5.92 Å². The highest BCUT2D eigenvalue weighted by Gasteiger charge is 2.30. The van der Waals surface area contributed by atoms with Crippen LogP contribution in [0.1, 0.15) is 26.2 Å². The molecule has 1 fully saturated rings. The van der Waals surface area contributed by atoms with Gasteiger partial charge in [-0.15, -0.1) is 0 Å². The Kier molecular flexibility index (Phi) is 8.43. The van der Waals surface area contributed by atoms with Crippen molar-refractivity contribution in [2.24, 2.45) is 5.92 Å². The Morgan fingerprint density at radius 1 is 1.35 bits per heavy atom. The summed E-state index contributed by atoms with van der Waals surface area (Å²) in [5.74, 6) is 1.46. The maximum Gasteiger partial charge on any atom is 0.281 e. The molecule has 7 heteroatoms. The van der Waals surface area contributed by atoms with Gasteiger partial charge in [0.05, 0.1) is 0 Å². The Morgan fingerprint density at radius 2 is 2.00 bits per heavy atom. The zero-order chi connectivity index (χ0) is 15.0. The smallest absolute Gasteiger partial charge is 0.281 e. The highest BCUT2D eigenvalue weighted by Crippen LogP contribution is 2.20. The quantitative estimate of drug-likeness (QED) is 0.649. The van der Waals surface area contributed by atoms with Crippen LogP contribution in [-0.4, -0.2) is 68.8 Å². The Morgan fingerprint density at radius 3 is 2.55 bits per heavy atom. The highest BCUT2D eigenvalue weighted by molar-refractivity contribution is 7.98. The van der Waals surface area contributed by atoms with Crippen LogP contribution in [0.15, 0.2) is 0 Å². The van der Waals surface area contributed by atoms with Gasteiger partial charge < -0.3 is 5.32 Å². The second-order valence-corrected chi connectivity index (χ2v) is 8.39. The monoisotopic (exact) mass is 323 g/mol. The summed E-state index contributed by atoms with van der Waals surface area (Å²) in [7, 11) is -1.57. The molecule has 0 unspecified atom stereocenters. The fourth-order valence-corrected chi connectivity index (χ4v) is 4.32. The summed E-state index contributed by atoms with van der Waals surface area (Å²) in [6, 6.07) is 0. The van der Waals surface area contributed by atoms with Crippen molar-refractivity contribution < 1.29 is 8.42 Å². The van der Waals surface area contributed by atoms with Crippen molar-refractivity contribution in [3.63, 3.8) is 0 Å². The van der Waals surface area contributed by atoms with Crippen molar-refractivity contribution in [2.45, 2.75) is 26.2 Å². The number of rotatable bonds is 9. The second kappa shape index (κ2) is 9.25. The average molecular weight is 324 g/mol. The molecule has 1 saturated heterocycles. The van der Waals surface area contributed by atoms with Crippen molar-refractivity contribution in [3.05, 3.63) is 0 Å². The van der Waals surface area contributed by atoms with Gasteiger partial charge in [-0.05, 0) is 44.5 Å². The van der Waals surface area contributed by atoms with Crippen LogP contribution in [0.2, 0.25) is 0 Å². The molecule has 120 valence electrons. The van der Waals surface area contributed by atoms with E-state index in [2.05, 4.69) is 12.2 Å². The predicted octanol–water partition coefficient (Wildman–Crippen LogP) is 1.24. The van der Waals surface area contributed by atoms with Crippen molar-refractivity contribution >= 4 is 22.0 Å². The van der Waals surface area contributed by atoms with Crippen molar-refractivity contribution in [3.8, 4) is 0 Å². The van der Waals surface area contributed by atoms with Gasteiger partial charge in [-0.3, -0.25) is 0 Å². The maximum atomic E-state index is 12.4. The molecule has 1 heterocycles. The third kappa shape index (κ3) is 5.52. The van der Waals surface area contributed by atoms with E-state index in [1.807, 2.05) is 6.26 Å². The molecule has 0 aromatic heterocycles. The third-order valence-corrected chi connectivity index (χ3v) is 6.34. The van der Waals surface area contributed by atoms with E-state index >= 15 is 0 Å². The lowest BCUT2D eigenvalue weighted by atomic mass is 9.98. The van der Waals surface area contributed by atoms with Crippen LogP contribution in [0.4, 0.5) is 0 Å². The zero-order valence-electron chi connectivity index (χ0n) is 13.0. The number of nitrogens with one attached hydrogen (secondary N) is 1. The van der Waals surface area contributed by atoms with E-state index in [9.17, 15) is 8.42 Å². The van der Waals surface area contributed by atoms with Crippen LogP contribution < -0.4 is 5.32 Å². The molecule has 1 N–H and O–H groups in total. The van der Waals surface area contributed by atoms with Crippen LogP contribution in [0.3, 0.4) is 0 Å². The lowest BCUT2D eigenvalue weighted by Crippen LogP contribution is -2.47. The molecule has 1 aliphatic rings. The standard InChI is InChI=1S/C13H29N3O2S2/c1-4-7-14-12-13-5-8-16(9-6-13)20(17,18)15(2)10-11-19-3/h13-14H,4-12H2,1-3H3. The first-order valence-electron chi connectivity index (χ1n) is 7.43. The summed E-state index contributed by atoms with van der Waals surface area (Å²) in [4.78, 5) is 0. The molecule has 0 radical (unpaired) electrons. The number of piperidine rings is 1. The van der Waals surface area contributed by atoms with Crippen LogP contribution in [-0.2, 0) is 10.2 Å². The van der Waals surface area contributed by atoms with Crippen molar-refractivity contribution in [1.29, 1.82) is 0 Å². The van der Waals surface area contributed by atoms with Gasteiger partial charge in [0.15, 0.2) is 0 Å². The van der Waals surface area contributed by atoms with Gasteiger partial charge in [-0.25, -0.2) is 0 Å². The first kappa shape index (κ1) is 18.2. The third-order valence-electron chi connectivity index (χ3n) is 3.76. The Balaban J connectivity index is 2.39. The summed E-state index contributed by atoms with van der Waals surface area (Å²) in [6.45, 7) is 6.13. The molecule has 0 aromatic carbocycles. The fourth-order valence-electron chi connectivity index (χ4n) is 2.36. The zero-order valence-corrected chi connectivity index (χ0v) is 14.6. The van der Waals surface area contributed by atoms with E-state index in [0.717, 1.165) is 38.1 Å². The molecular weight excluding hydrogens is 294 g/mol. The Labute approximate surface area is 128 Å². The fraction of sp³-hybridized carbons (Fsp3) is 1.00. The molecular formula is C13H29N3O2S2. The number of nitrogens with zero attached hydrogens (tertiary/aromatic N) is 2. The molecule has 0 atom stereocenters. The molecule has 0 aromatic rings. The van der Waals surface area contributed by atoms with Crippen LogP contribution in [0.25, 0.3) is 0 Å². The molecule has 1 aliphatic heterocycles. The van der Waals surface area contributed by atoms with E-state index in [-0.39, 0.29) is 0 Å². The molecule has 0 spiro atoms. The Bertz CT molecular complexity index is 355. The highest BCUT2D eigenvalue weighted by atomic mass is 32.2. The summed E-state index contributed by atoms with van der Waals surface area (Å²) in [5.41, 5.74) is 0. The van der Waals surface area contributed by atoms with Gasteiger partial charge in [-0.1, -0.05) is 6.92 Å². The molecule has 0 aliphatic carbocycles. The molecule has 0 amide bonds. The normalized spacial score (nSPS) is 18.8. The lowest BCUT2D eigenvalue weighted by Gasteiger charge is -2.33. The number of hydrogen-bond donors (Lipinski definition) is 1. The van der Waals surface area contributed by atoms with E-state index in [0.29, 0.717) is 25.6 Å². The number of hydrogen-bond acceptors (Lipinski definition) is 4. The average Bonchev–Trinajstić information content (AvgIpc) is 2.45. The molecule has 20 heavy (non-hydrogen) atoms. The summed E-state index contributed by atoms with van der Waals surface area (Å²) < 4.78 is 27.9. The second-order valence-electron chi connectivity index (χ2n) is 5.37. The van der Waals surface area contributed by atoms with Gasteiger partial charge in [0.2, 0.25) is 0 Å². The van der Waals surface area contributed by atoms with E-state index in [4.69, 9.17) is 0 Å². The SMILES string of the molecule is CCCNCC1CCN(S(=O)(=O)N(C)CCSC)CC1.